The van der Waals surface area contributed by atoms with Gasteiger partial charge < -0.3 is 0 Å². The molecule has 0 atom stereocenters. The molecule has 0 aliphatic carbocycles. The summed E-state index contributed by atoms with van der Waals surface area (Å²) >= 11 is -0.875. The van der Waals surface area contributed by atoms with Gasteiger partial charge in [0.1, 0.15) is 0 Å². The van der Waals surface area contributed by atoms with Crippen molar-refractivity contribution in [2.24, 2.45) is 0 Å². The van der Waals surface area contributed by atoms with E-state index in [1.165, 1.54) is 14.9 Å². The summed E-state index contributed by atoms with van der Waals surface area (Å²) in [5.41, 5.74) is 0. The number of halogens is 1. The third kappa shape index (κ3) is 5.03. The summed E-state index contributed by atoms with van der Waals surface area (Å²) < 4.78 is 11.7. The van der Waals surface area contributed by atoms with Crippen molar-refractivity contribution < 1.29 is 4.39 Å². The Morgan fingerprint density at radius 3 is 2.11 bits per heavy atom. The van der Waals surface area contributed by atoms with Crippen LogP contribution >= 0.6 is 0 Å². The Morgan fingerprint density at radius 2 is 1.78 bits per heavy atom. The van der Waals surface area contributed by atoms with E-state index < -0.39 is 16.2 Å². The maximum atomic E-state index is 11.7. The topological polar surface area (TPSA) is 0 Å². The predicted octanol–water partition coefficient (Wildman–Crippen LogP) is 2.88. The van der Waals surface area contributed by atoms with Crippen LogP contribution in [0, 0.1) is 0 Å². The average molecular weight is 189 g/mol. The van der Waals surface area contributed by atoms with Crippen molar-refractivity contribution in [3.8, 4) is 0 Å². The standard InChI is InChI=1S/C3H6F.2C2H5.Ga/c1-2-3-4;2*1-2;/h1-3H2;2*1H2,2H3;. The van der Waals surface area contributed by atoms with Gasteiger partial charge in [-0.2, -0.15) is 0 Å². The first kappa shape index (κ1) is 9.57. The zero-order valence-corrected chi connectivity index (χ0v) is 8.91. The minimum atomic E-state index is -0.875. The second kappa shape index (κ2) is 6.68. The molecule has 0 unspecified atom stereocenters. The fraction of sp³-hybridized carbons (Fsp3) is 1.00. The van der Waals surface area contributed by atoms with Crippen LogP contribution in [0.25, 0.3) is 0 Å². The fourth-order valence-electron chi connectivity index (χ4n) is 1.06. The Balaban J connectivity index is 3.09. The fourth-order valence-corrected chi connectivity index (χ4v) is 5.52. The van der Waals surface area contributed by atoms with E-state index in [4.69, 9.17) is 0 Å². The number of alkyl halides is 1. The summed E-state index contributed by atoms with van der Waals surface area (Å²) in [5.74, 6) is 0. The van der Waals surface area contributed by atoms with Crippen molar-refractivity contribution in [2.45, 2.75) is 35.2 Å². The molecule has 0 spiro atoms. The van der Waals surface area contributed by atoms with Gasteiger partial charge in [-0.05, 0) is 0 Å². The third-order valence-corrected chi connectivity index (χ3v) is 9.32. The minimum absolute atomic E-state index is 0.0955. The number of rotatable bonds is 5. The monoisotopic (exact) mass is 188 g/mol. The van der Waals surface area contributed by atoms with E-state index in [2.05, 4.69) is 13.8 Å². The molecule has 0 aromatic heterocycles. The maximum absolute atomic E-state index is 11.7. The van der Waals surface area contributed by atoms with Crippen molar-refractivity contribution >= 4 is 16.2 Å². The van der Waals surface area contributed by atoms with Crippen molar-refractivity contribution in [2.75, 3.05) is 6.67 Å². The van der Waals surface area contributed by atoms with Gasteiger partial charge in [0, 0.05) is 0 Å². The van der Waals surface area contributed by atoms with Gasteiger partial charge in [-0.15, -0.1) is 0 Å². The molecule has 0 bridgehead atoms. The zero-order valence-electron chi connectivity index (χ0n) is 6.49. The Hall–Kier alpha value is 0.566. The molecule has 9 heavy (non-hydrogen) atoms. The van der Waals surface area contributed by atoms with Gasteiger partial charge in [-0.3, -0.25) is 0 Å². The van der Waals surface area contributed by atoms with E-state index >= 15 is 0 Å². The predicted molar refractivity (Wildman–Crippen MR) is 42.1 cm³/mol. The molecule has 0 nitrogen and oxygen atoms in total. The Morgan fingerprint density at radius 1 is 1.22 bits per heavy atom. The van der Waals surface area contributed by atoms with Crippen LogP contribution in [0.2, 0.25) is 14.9 Å². The molecule has 0 amide bonds. The normalized spacial score (nSPS) is 9.67. The van der Waals surface area contributed by atoms with Crippen LogP contribution in [0.3, 0.4) is 0 Å². The van der Waals surface area contributed by atoms with Crippen LogP contribution in [-0.2, 0) is 0 Å². The molecule has 0 aliphatic rings. The SMILES string of the molecule is C[CH2][Ga]([CH2]C)[CH2]CCF. The molecular formula is C7H16FGa. The van der Waals surface area contributed by atoms with Crippen LogP contribution in [0.15, 0.2) is 0 Å². The second-order valence-electron chi connectivity index (χ2n) is 2.51. The van der Waals surface area contributed by atoms with Crippen LogP contribution < -0.4 is 0 Å². The molecule has 0 aromatic rings. The molecule has 0 heterocycles. The molecule has 0 radical (unpaired) electrons. The second-order valence-corrected chi connectivity index (χ2v) is 10.8. The molecule has 54 valence electrons. The summed E-state index contributed by atoms with van der Waals surface area (Å²) in [6.45, 7) is 4.42. The Kier molecular flexibility index (Phi) is 7.10. The van der Waals surface area contributed by atoms with Gasteiger partial charge in [0.25, 0.3) is 0 Å². The van der Waals surface area contributed by atoms with Crippen LogP contribution in [0.4, 0.5) is 4.39 Å². The first-order valence-corrected chi connectivity index (χ1v) is 9.05. The first-order chi connectivity index (χ1) is 4.35. The zero-order chi connectivity index (χ0) is 7.11. The Labute approximate surface area is 62.9 Å². The van der Waals surface area contributed by atoms with E-state index in [-0.39, 0.29) is 6.67 Å². The van der Waals surface area contributed by atoms with Crippen molar-refractivity contribution in [3.05, 3.63) is 0 Å². The average Bonchev–Trinajstić information content (AvgIpc) is 1.91. The van der Waals surface area contributed by atoms with Crippen LogP contribution in [0.1, 0.15) is 20.3 Å². The van der Waals surface area contributed by atoms with E-state index in [0.29, 0.717) is 0 Å². The van der Waals surface area contributed by atoms with Gasteiger partial charge >= 0.3 is 62.5 Å². The molecule has 0 rings (SSSR count). The molecule has 0 saturated heterocycles. The summed E-state index contributed by atoms with van der Waals surface area (Å²) in [6, 6.07) is 0. The Bertz CT molecular complexity index is 52.9. The van der Waals surface area contributed by atoms with E-state index in [0.717, 1.165) is 6.42 Å². The number of hydrogen-bond donors (Lipinski definition) is 0. The van der Waals surface area contributed by atoms with Crippen LogP contribution in [-0.4, -0.2) is 22.9 Å². The molecule has 0 aromatic carbocycles. The summed E-state index contributed by atoms with van der Waals surface area (Å²) in [5, 5.41) is 0. The summed E-state index contributed by atoms with van der Waals surface area (Å²) in [6.07, 6.45) is 0.840. The molecule has 0 saturated carbocycles. The van der Waals surface area contributed by atoms with Gasteiger partial charge in [0.05, 0.1) is 0 Å². The summed E-state index contributed by atoms with van der Waals surface area (Å²) in [4.78, 5) is 4.05. The number of hydrogen-bond acceptors (Lipinski definition) is 0. The molecule has 0 fully saturated rings. The van der Waals surface area contributed by atoms with Crippen molar-refractivity contribution in [1.82, 2.24) is 0 Å². The van der Waals surface area contributed by atoms with Crippen LogP contribution in [0.5, 0.6) is 0 Å². The quantitative estimate of drug-likeness (QED) is 0.583. The molecule has 0 aliphatic heterocycles. The third-order valence-electron chi connectivity index (χ3n) is 1.90. The van der Waals surface area contributed by atoms with Crippen molar-refractivity contribution in [3.63, 3.8) is 0 Å². The van der Waals surface area contributed by atoms with Gasteiger partial charge in [-0.1, -0.05) is 0 Å². The molecule has 2 heteroatoms. The van der Waals surface area contributed by atoms with Gasteiger partial charge in [-0.25, -0.2) is 0 Å². The van der Waals surface area contributed by atoms with E-state index in [1.807, 2.05) is 0 Å². The van der Waals surface area contributed by atoms with Crippen molar-refractivity contribution in [1.29, 1.82) is 0 Å². The molecular weight excluding hydrogens is 173 g/mol. The summed E-state index contributed by atoms with van der Waals surface area (Å²) in [7, 11) is 0. The van der Waals surface area contributed by atoms with E-state index in [9.17, 15) is 4.39 Å². The molecule has 0 N–H and O–H groups in total. The van der Waals surface area contributed by atoms with Gasteiger partial charge in [0.2, 0.25) is 0 Å². The van der Waals surface area contributed by atoms with Gasteiger partial charge in [0.15, 0.2) is 0 Å². The van der Waals surface area contributed by atoms with E-state index in [1.54, 1.807) is 0 Å². The first-order valence-electron chi connectivity index (χ1n) is 3.91.